The fraction of sp³-hybridized carbons (Fsp3) is 0. The second-order valence-corrected chi connectivity index (χ2v) is 0.766. The highest BCUT2D eigenvalue weighted by Crippen LogP contribution is 1.64. The lowest BCUT2D eigenvalue weighted by molar-refractivity contribution is 1.09. The van der Waals surface area contributed by atoms with Crippen molar-refractivity contribution >= 4 is 8.41 Å². The van der Waals surface area contributed by atoms with E-state index in [-0.39, 0.29) is 8.41 Å². The summed E-state index contributed by atoms with van der Waals surface area (Å²) in [6.07, 6.45) is 3.46. The number of nitrogens with zero attached hydrogens (tertiary/aromatic N) is 1. The summed E-state index contributed by atoms with van der Waals surface area (Å²) in [7, 11) is 0. The first-order chi connectivity index (χ1) is 2.50. The molecule has 0 unspecified atom stereocenters. The van der Waals surface area contributed by atoms with Crippen LogP contribution in [0, 0.1) is 0 Å². The van der Waals surface area contributed by atoms with Crippen LogP contribution in [0.25, 0.3) is 0 Å². The van der Waals surface area contributed by atoms with Gasteiger partial charge in [-0.1, -0.05) is 0 Å². The molecule has 0 aliphatic heterocycles. The number of rotatable bonds is 0. The number of aromatic nitrogens is 2. The molecule has 32 valence electrons. The molecule has 0 aliphatic rings. The molecular formula is C3H7BN2. The van der Waals surface area contributed by atoms with E-state index < -0.39 is 0 Å². The lowest BCUT2D eigenvalue weighted by Gasteiger charge is -1.49. The predicted molar refractivity (Wildman–Crippen MR) is 28.5 cm³/mol. The van der Waals surface area contributed by atoms with Crippen LogP contribution in [0.5, 0.6) is 0 Å². The maximum absolute atomic E-state index is 3.60. The van der Waals surface area contributed by atoms with Crippen molar-refractivity contribution in [1.29, 1.82) is 0 Å². The van der Waals surface area contributed by atoms with Crippen LogP contribution in [-0.2, 0) is 0 Å². The van der Waals surface area contributed by atoms with Crippen molar-refractivity contribution in [2.45, 2.75) is 0 Å². The van der Waals surface area contributed by atoms with E-state index in [0.29, 0.717) is 0 Å². The standard InChI is InChI=1S/C3H4N2.BH3/c1-2-4-5-3-1;/h1-3H,(H,4,5);1H3. The average molecular weight is 81.9 g/mol. The van der Waals surface area contributed by atoms with Gasteiger partial charge in [0.05, 0.1) is 8.41 Å². The van der Waals surface area contributed by atoms with E-state index in [1.807, 2.05) is 6.07 Å². The van der Waals surface area contributed by atoms with Gasteiger partial charge in [0.15, 0.2) is 0 Å². The highest BCUT2D eigenvalue weighted by molar-refractivity contribution is 5.75. The lowest BCUT2D eigenvalue weighted by atomic mass is 10.8. The smallest absolute Gasteiger partial charge is 0.0814 e. The third-order valence-electron chi connectivity index (χ3n) is 0.406. The van der Waals surface area contributed by atoms with E-state index in [0.717, 1.165) is 0 Å². The van der Waals surface area contributed by atoms with Crippen LogP contribution in [0.3, 0.4) is 0 Å². The summed E-state index contributed by atoms with van der Waals surface area (Å²) in [6.45, 7) is 0. The molecule has 0 fully saturated rings. The van der Waals surface area contributed by atoms with Gasteiger partial charge >= 0.3 is 0 Å². The number of hydrogen-bond acceptors (Lipinski definition) is 1. The predicted octanol–water partition coefficient (Wildman–Crippen LogP) is -0.774. The van der Waals surface area contributed by atoms with Crippen molar-refractivity contribution in [3.8, 4) is 0 Å². The fourth-order valence-electron chi connectivity index (χ4n) is 0.215. The van der Waals surface area contributed by atoms with Crippen LogP contribution >= 0.6 is 0 Å². The summed E-state index contributed by atoms with van der Waals surface area (Å²) >= 11 is 0. The molecule has 1 heterocycles. The van der Waals surface area contributed by atoms with Gasteiger partial charge in [0.2, 0.25) is 0 Å². The largest absolute Gasteiger partial charge is 0.286 e. The Bertz CT molecular complexity index is 65.3. The van der Waals surface area contributed by atoms with Gasteiger partial charge in [-0.25, -0.2) is 0 Å². The van der Waals surface area contributed by atoms with E-state index in [9.17, 15) is 0 Å². The van der Waals surface area contributed by atoms with Gasteiger partial charge in [-0.2, -0.15) is 5.10 Å². The Morgan fingerprint density at radius 1 is 1.50 bits per heavy atom. The zero-order valence-corrected chi connectivity index (χ0v) is 2.68. The van der Waals surface area contributed by atoms with Crippen LogP contribution < -0.4 is 0 Å². The highest BCUT2D eigenvalue weighted by atomic mass is 15.1. The summed E-state index contributed by atoms with van der Waals surface area (Å²) in [5.41, 5.74) is 0. The second-order valence-electron chi connectivity index (χ2n) is 0.766. The molecule has 6 heavy (non-hydrogen) atoms. The average Bonchev–Trinajstić information content (AvgIpc) is 1.76. The molecule has 0 saturated carbocycles. The van der Waals surface area contributed by atoms with Crippen molar-refractivity contribution in [2.24, 2.45) is 0 Å². The minimum Gasteiger partial charge on any atom is -0.286 e. The molecule has 0 saturated heterocycles. The molecule has 1 aromatic heterocycles. The first-order valence-electron chi connectivity index (χ1n) is 1.44. The third-order valence-corrected chi connectivity index (χ3v) is 0.406. The van der Waals surface area contributed by atoms with Gasteiger partial charge < -0.3 is 0 Å². The van der Waals surface area contributed by atoms with E-state index in [4.69, 9.17) is 0 Å². The summed E-state index contributed by atoms with van der Waals surface area (Å²) < 4.78 is 0. The molecule has 1 N–H and O–H groups in total. The van der Waals surface area contributed by atoms with Crippen molar-refractivity contribution < 1.29 is 0 Å². The molecule has 0 radical (unpaired) electrons. The molecule has 0 atom stereocenters. The summed E-state index contributed by atoms with van der Waals surface area (Å²) in [4.78, 5) is 0. The number of hydrogen-bond donors (Lipinski definition) is 1. The fourth-order valence-corrected chi connectivity index (χ4v) is 0.215. The minimum atomic E-state index is 0. The SMILES string of the molecule is B.c1cn[nH]c1. The van der Waals surface area contributed by atoms with Crippen molar-refractivity contribution in [3.63, 3.8) is 0 Å². The zero-order valence-electron chi connectivity index (χ0n) is 2.68. The van der Waals surface area contributed by atoms with E-state index >= 15 is 0 Å². The Kier molecular flexibility index (Phi) is 2.21. The normalized spacial score (nSPS) is 6.67. The Hall–Kier alpha value is -0.725. The van der Waals surface area contributed by atoms with Crippen LogP contribution in [0.15, 0.2) is 18.5 Å². The van der Waals surface area contributed by atoms with E-state index in [1.54, 1.807) is 12.4 Å². The molecule has 1 aromatic rings. The van der Waals surface area contributed by atoms with Gasteiger partial charge in [-0.3, -0.25) is 5.10 Å². The topological polar surface area (TPSA) is 28.7 Å². The maximum Gasteiger partial charge on any atom is 0.0814 e. The van der Waals surface area contributed by atoms with Gasteiger partial charge in [0.1, 0.15) is 0 Å². The van der Waals surface area contributed by atoms with Crippen molar-refractivity contribution in [1.82, 2.24) is 10.2 Å². The Morgan fingerprint density at radius 3 is 2.50 bits per heavy atom. The Morgan fingerprint density at radius 2 is 2.33 bits per heavy atom. The Balaban J connectivity index is 0.000000250. The van der Waals surface area contributed by atoms with Crippen LogP contribution in [0.2, 0.25) is 0 Å². The van der Waals surface area contributed by atoms with Gasteiger partial charge in [-0.15, -0.1) is 0 Å². The quantitative estimate of drug-likeness (QED) is 0.409. The highest BCUT2D eigenvalue weighted by Gasteiger charge is 1.56. The van der Waals surface area contributed by atoms with Crippen LogP contribution in [0.1, 0.15) is 0 Å². The van der Waals surface area contributed by atoms with Crippen molar-refractivity contribution in [3.05, 3.63) is 18.5 Å². The van der Waals surface area contributed by atoms with Crippen molar-refractivity contribution in [2.75, 3.05) is 0 Å². The molecule has 0 bridgehead atoms. The molecular weight excluding hydrogens is 74.9 g/mol. The molecule has 0 aromatic carbocycles. The monoisotopic (exact) mass is 82.1 g/mol. The van der Waals surface area contributed by atoms with E-state index in [1.165, 1.54) is 0 Å². The summed E-state index contributed by atoms with van der Waals surface area (Å²) in [5.74, 6) is 0. The van der Waals surface area contributed by atoms with E-state index in [2.05, 4.69) is 10.2 Å². The molecule has 0 spiro atoms. The molecule has 3 heteroatoms. The van der Waals surface area contributed by atoms with Gasteiger partial charge in [-0.05, 0) is 6.07 Å². The van der Waals surface area contributed by atoms with Gasteiger partial charge in [0, 0.05) is 12.4 Å². The first-order valence-corrected chi connectivity index (χ1v) is 1.44. The maximum atomic E-state index is 3.60. The number of nitrogens with one attached hydrogen (secondary N) is 1. The Labute approximate surface area is 38.2 Å². The molecule has 2 nitrogen and oxygen atoms in total. The summed E-state index contributed by atoms with van der Waals surface area (Å²) in [6, 6.07) is 1.83. The second kappa shape index (κ2) is 2.51. The lowest BCUT2D eigenvalue weighted by Crippen LogP contribution is -1.53. The number of H-pyrrole nitrogens is 1. The zero-order chi connectivity index (χ0) is 3.54. The molecule has 1 rings (SSSR count). The first kappa shape index (κ1) is 5.27. The number of aromatic amines is 1. The third kappa shape index (κ3) is 0.927. The van der Waals surface area contributed by atoms with Crippen LogP contribution in [0.4, 0.5) is 0 Å². The minimum absolute atomic E-state index is 0. The molecule has 0 aliphatic carbocycles. The van der Waals surface area contributed by atoms with Crippen LogP contribution in [-0.4, -0.2) is 18.6 Å². The molecule has 0 amide bonds. The summed E-state index contributed by atoms with van der Waals surface area (Å²) in [5, 5.41) is 6.21. The van der Waals surface area contributed by atoms with Gasteiger partial charge in [0.25, 0.3) is 0 Å².